The van der Waals surface area contributed by atoms with Crippen molar-refractivity contribution >= 4 is 12.6 Å². The largest absolute Gasteiger partial charge is 0.494 e. The van der Waals surface area contributed by atoms with Crippen LogP contribution in [0.5, 0.6) is 0 Å². The van der Waals surface area contributed by atoms with Crippen LogP contribution >= 0.6 is 0 Å². The Morgan fingerprint density at radius 2 is 1.43 bits per heavy atom. The quantitative estimate of drug-likeness (QED) is 0.505. The van der Waals surface area contributed by atoms with Crippen LogP contribution in [0.3, 0.4) is 0 Å². The molecule has 0 saturated carbocycles. The van der Waals surface area contributed by atoms with Crippen molar-refractivity contribution in [2.24, 2.45) is 0 Å². The molecule has 2 rings (SSSR count). The Bertz CT molecular complexity index is 569. The van der Waals surface area contributed by atoms with E-state index >= 15 is 0 Å². The van der Waals surface area contributed by atoms with Crippen LogP contribution in [-0.4, -0.2) is 23.4 Å². The van der Waals surface area contributed by atoms with Gasteiger partial charge in [-0.15, -0.1) is 6.58 Å². The lowest BCUT2D eigenvalue weighted by molar-refractivity contribution is -0.138. The van der Waals surface area contributed by atoms with Crippen LogP contribution in [0, 0.1) is 0 Å². The predicted molar refractivity (Wildman–Crippen MR) is 112 cm³/mol. The molecular weight excluding hydrogens is 368 g/mol. The van der Waals surface area contributed by atoms with Crippen LogP contribution in [0.2, 0.25) is 0 Å². The average Bonchev–Trinajstić information content (AvgIpc) is 2.85. The fourth-order valence-corrected chi connectivity index (χ4v) is 2.15. The molecule has 0 radical (unpaired) electrons. The maximum Gasteiger partial charge on any atom is 0.494 e. The molecule has 0 amide bonds. The molecule has 1 aromatic rings. The summed E-state index contributed by atoms with van der Waals surface area (Å²) in [5.74, 6) is 0. The van der Waals surface area contributed by atoms with Crippen molar-refractivity contribution < 1.29 is 27.6 Å². The van der Waals surface area contributed by atoms with Crippen molar-refractivity contribution in [1.82, 2.24) is 0 Å². The number of rotatable bonds is 2. The van der Waals surface area contributed by atoms with Gasteiger partial charge in [0.1, 0.15) is 0 Å². The van der Waals surface area contributed by atoms with Crippen LogP contribution < -0.4 is 5.46 Å². The smallest absolute Gasteiger partial charge is 0.399 e. The first-order chi connectivity index (χ1) is 12.9. The van der Waals surface area contributed by atoms with Crippen molar-refractivity contribution in [2.45, 2.75) is 86.3 Å². The van der Waals surface area contributed by atoms with E-state index < -0.39 is 36.7 Å². The highest BCUT2D eigenvalue weighted by atomic mass is 19.4. The minimum absolute atomic E-state index is 0.185. The lowest BCUT2D eigenvalue weighted by atomic mass is 9.77. The highest BCUT2D eigenvalue weighted by molar-refractivity contribution is 6.62. The maximum absolute atomic E-state index is 12.8. The van der Waals surface area contributed by atoms with Gasteiger partial charge in [0.25, 0.3) is 0 Å². The third-order valence-corrected chi connectivity index (χ3v) is 4.13. The number of aliphatic hydroxyl groups excluding tert-OH is 1. The monoisotopic (exact) mass is 404 g/mol. The number of benzene rings is 1. The van der Waals surface area contributed by atoms with E-state index in [1.807, 2.05) is 62.3 Å². The van der Waals surface area contributed by atoms with E-state index in [1.54, 1.807) is 6.08 Å². The van der Waals surface area contributed by atoms with Crippen LogP contribution in [0.4, 0.5) is 13.2 Å². The van der Waals surface area contributed by atoms with E-state index in [9.17, 15) is 18.3 Å². The molecule has 7 heteroatoms. The molecule has 0 atom stereocenters. The van der Waals surface area contributed by atoms with Gasteiger partial charge in [-0.2, -0.15) is 13.2 Å². The second kappa shape index (κ2) is 12.3. The fraction of sp³-hybridized carbons (Fsp3) is 0.619. The van der Waals surface area contributed by atoms with Crippen molar-refractivity contribution in [3.63, 3.8) is 0 Å². The Labute approximate surface area is 169 Å². The van der Waals surface area contributed by atoms with Crippen LogP contribution in [0.1, 0.15) is 73.4 Å². The van der Waals surface area contributed by atoms with Gasteiger partial charge in [-0.05, 0) is 51.7 Å². The molecule has 1 fully saturated rings. The third-order valence-electron chi connectivity index (χ3n) is 4.13. The standard InChI is InChI=1S/C14H18BF3O3.C3H6.2C2H6/c1-12(2)13(3,4)21-15(20-12)10-5-6-11(14(16,17)18)9(7-10)8-19;1-3-2;2*1-2/h5-7,19H,8H2,1-4H3;3H,1H2,2H3;2*1-2H3. The molecule has 1 aliphatic rings. The Balaban J connectivity index is 0. The van der Waals surface area contributed by atoms with Gasteiger partial charge in [0.05, 0.1) is 23.4 Å². The normalized spacial score (nSPS) is 16.5. The molecule has 1 heterocycles. The highest BCUT2D eigenvalue weighted by Crippen LogP contribution is 2.37. The first kappa shape index (κ1) is 28.9. The second-order valence-electron chi connectivity index (χ2n) is 6.57. The summed E-state index contributed by atoms with van der Waals surface area (Å²) in [6.45, 7) is 20.0. The maximum atomic E-state index is 12.8. The predicted octanol–water partition coefficient (Wildman–Crippen LogP) is 5.74. The van der Waals surface area contributed by atoms with Crippen molar-refractivity contribution in [3.8, 4) is 0 Å². The van der Waals surface area contributed by atoms with Crippen molar-refractivity contribution in [3.05, 3.63) is 42.0 Å². The zero-order valence-corrected chi connectivity index (χ0v) is 18.7. The van der Waals surface area contributed by atoms with Crippen LogP contribution in [0.25, 0.3) is 0 Å². The molecule has 0 bridgehead atoms. The van der Waals surface area contributed by atoms with Crippen LogP contribution in [-0.2, 0) is 22.1 Å². The molecule has 0 aliphatic carbocycles. The summed E-state index contributed by atoms with van der Waals surface area (Å²) in [5, 5.41) is 9.17. The Morgan fingerprint density at radius 1 is 1.04 bits per heavy atom. The summed E-state index contributed by atoms with van der Waals surface area (Å²) in [4.78, 5) is 0. The topological polar surface area (TPSA) is 38.7 Å². The summed E-state index contributed by atoms with van der Waals surface area (Å²) >= 11 is 0. The molecule has 0 aromatic heterocycles. The summed E-state index contributed by atoms with van der Waals surface area (Å²) < 4.78 is 50.0. The minimum Gasteiger partial charge on any atom is -0.399 e. The number of hydrogen-bond donors (Lipinski definition) is 1. The van der Waals surface area contributed by atoms with Gasteiger partial charge in [-0.25, -0.2) is 0 Å². The molecule has 1 aromatic carbocycles. The first-order valence-electron chi connectivity index (χ1n) is 9.63. The number of aliphatic hydroxyl groups is 1. The molecule has 3 nitrogen and oxygen atoms in total. The van der Waals surface area contributed by atoms with E-state index in [1.165, 1.54) is 12.1 Å². The molecule has 1 N–H and O–H groups in total. The van der Waals surface area contributed by atoms with Crippen molar-refractivity contribution in [1.29, 1.82) is 0 Å². The number of hydrogen-bond acceptors (Lipinski definition) is 3. The Kier molecular flexibility index (Phi) is 12.7. The molecule has 0 unspecified atom stereocenters. The van der Waals surface area contributed by atoms with Gasteiger partial charge in [-0.3, -0.25) is 0 Å². The zero-order chi connectivity index (χ0) is 22.8. The van der Waals surface area contributed by atoms with Crippen LogP contribution in [0.15, 0.2) is 30.9 Å². The van der Waals surface area contributed by atoms with E-state index in [4.69, 9.17) is 9.31 Å². The number of allylic oxidation sites excluding steroid dienone is 1. The highest BCUT2D eigenvalue weighted by Gasteiger charge is 2.51. The van der Waals surface area contributed by atoms with E-state index in [-0.39, 0.29) is 5.56 Å². The SMILES string of the molecule is C=CC.CC.CC.CC1(C)OB(c2ccc(C(F)(F)F)c(CO)c2)OC1(C)C. The molecule has 162 valence electrons. The second-order valence-corrected chi connectivity index (χ2v) is 6.57. The third kappa shape index (κ3) is 7.61. The van der Waals surface area contributed by atoms with E-state index in [0.717, 1.165) is 6.07 Å². The molecular formula is C21H36BF3O3. The Hall–Kier alpha value is -1.31. The number of halogens is 3. The fourth-order valence-electron chi connectivity index (χ4n) is 2.15. The summed E-state index contributed by atoms with van der Waals surface area (Å²) in [6.07, 6.45) is -2.74. The molecule has 28 heavy (non-hydrogen) atoms. The van der Waals surface area contributed by atoms with E-state index in [0.29, 0.717) is 5.46 Å². The molecule has 0 spiro atoms. The average molecular weight is 404 g/mol. The first-order valence-corrected chi connectivity index (χ1v) is 9.63. The molecule has 1 aliphatic heterocycles. The van der Waals surface area contributed by atoms with Gasteiger partial charge in [0.15, 0.2) is 0 Å². The van der Waals surface area contributed by atoms with Gasteiger partial charge in [-0.1, -0.05) is 45.9 Å². The summed E-state index contributed by atoms with van der Waals surface area (Å²) in [5.41, 5.74) is -1.70. The minimum atomic E-state index is -4.49. The van der Waals surface area contributed by atoms with Gasteiger partial charge >= 0.3 is 13.3 Å². The zero-order valence-electron chi connectivity index (χ0n) is 18.7. The van der Waals surface area contributed by atoms with Crippen molar-refractivity contribution in [2.75, 3.05) is 0 Å². The van der Waals surface area contributed by atoms with E-state index in [2.05, 4.69) is 6.58 Å². The van der Waals surface area contributed by atoms with Gasteiger partial charge in [0, 0.05) is 0 Å². The lowest BCUT2D eigenvalue weighted by Crippen LogP contribution is -2.41. The summed E-state index contributed by atoms with van der Waals surface area (Å²) in [6, 6.07) is 3.56. The van der Waals surface area contributed by atoms with Gasteiger partial charge < -0.3 is 14.4 Å². The summed E-state index contributed by atoms with van der Waals surface area (Å²) in [7, 11) is -0.748. The Morgan fingerprint density at radius 3 is 1.75 bits per heavy atom. The molecule has 1 saturated heterocycles. The lowest BCUT2D eigenvalue weighted by Gasteiger charge is -2.32. The number of alkyl halides is 3. The van der Waals surface area contributed by atoms with Gasteiger partial charge in [0.2, 0.25) is 0 Å².